The molecule has 2 aromatic carbocycles. The maximum absolute atomic E-state index is 12.7. The van der Waals surface area contributed by atoms with Crippen molar-refractivity contribution in [3.63, 3.8) is 0 Å². The highest BCUT2D eigenvalue weighted by Crippen LogP contribution is 2.29. The van der Waals surface area contributed by atoms with Crippen LogP contribution in [0.15, 0.2) is 58.1 Å². The van der Waals surface area contributed by atoms with Crippen LogP contribution in [0.5, 0.6) is 0 Å². The number of hydrogen-bond acceptors (Lipinski definition) is 4. The van der Waals surface area contributed by atoms with Gasteiger partial charge in [0.1, 0.15) is 6.54 Å². The third-order valence-electron chi connectivity index (χ3n) is 3.42. The number of halogens is 4. The van der Waals surface area contributed by atoms with Gasteiger partial charge in [-0.3, -0.25) is 9.10 Å². The highest BCUT2D eigenvalue weighted by molar-refractivity contribution is 9.10. The van der Waals surface area contributed by atoms with Gasteiger partial charge in [-0.15, -0.1) is 0 Å². The number of alkyl halides is 3. The lowest BCUT2D eigenvalue weighted by Crippen LogP contribution is -2.39. The van der Waals surface area contributed by atoms with Gasteiger partial charge < -0.3 is 0 Å². The molecule has 0 saturated carbocycles. The topological polar surface area (TPSA) is 78.8 Å². The molecule has 150 valence electrons. The van der Waals surface area contributed by atoms with Gasteiger partial charge in [0.15, 0.2) is 0 Å². The molecule has 0 fully saturated rings. The molecule has 1 N–H and O–H groups in total. The molecule has 0 aliphatic rings. The molecule has 0 spiro atoms. The lowest BCUT2D eigenvalue weighted by molar-refractivity contribution is -0.137. The number of hydrazone groups is 1. The quantitative estimate of drug-likeness (QED) is 0.511. The first-order valence-electron chi connectivity index (χ1n) is 7.69. The Bertz CT molecular complexity index is 977. The standard InChI is InChI=1S/C17H15BrF3N3O3S/c1-28(26,27)24(15-7-5-14(18)6-8-15)11-16(25)23-22-10-12-3-2-4-13(9-12)17(19,20)21/h2-10H,11H2,1H3,(H,23,25)/b22-10-. The van der Waals surface area contributed by atoms with E-state index in [0.717, 1.165) is 33.4 Å². The van der Waals surface area contributed by atoms with Gasteiger partial charge in [-0.2, -0.15) is 18.3 Å². The van der Waals surface area contributed by atoms with Crippen molar-refractivity contribution in [2.45, 2.75) is 6.18 Å². The van der Waals surface area contributed by atoms with Crippen molar-refractivity contribution < 1.29 is 26.4 Å². The zero-order chi connectivity index (χ0) is 20.9. The predicted molar refractivity (Wildman–Crippen MR) is 104 cm³/mol. The van der Waals surface area contributed by atoms with E-state index in [9.17, 15) is 26.4 Å². The molecular weight excluding hydrogens is 463 g/mol. The summed E-state index contributed by atoms with van der Waals surface area (Å²) in [7, 11) is -3.74. The third-order valence-corrected chi connectivity index (χ3v) is 5.09. The summed E-state index contributed by atoms with van der Waals surface area (Å²) < 4.78 is 63.6. The van der Waals surface area contributed by atoms with Gasteiger partial charge in [0, 0.05) is 4.47 Å². The van der Waals surface area contributed by atoms with Crippen molar-refractivity contribution in [2.75, 3.05) is 17.1 Å². The minimum absolute atomic E-state index is 0.128. The largest absolute Gasteiger partial charge is 0.416 e. The first-order valence-corrected chi connectivity index (χ1v) is 10.3. The van der Waals surface area contributed by atoms with E-state index in [1.165, 1.54) is 24.3 Å². The smallest absolute Gasteiger partial charge is 0.271 e. The van der Waals surface area contributed by atoms with Crippen molar-refractivity contribution in [1.29, 1.82) is 0 Å². The summed E-state index contributed by atoms with van der Waals surface area (Å²) in [5.74, 6) is -0.753. The van der Waals surface area contributed by atoms with E-state index in [0.29, 0.717) is 0 Å². The Morgan fingerprint density at radius 1 is 1.21 bits per heavy atom. The molecule has 28 heavy (non-hydrogen) atoms. The number of hydrogen-bond donors (Lipinski definition) is 1. The van der Waals surface area contributed by atoms with E-state index >= 15 is 0 Å². The Morgan fingerprint density at radius 3 is 2.43 bits per heavy atom. The molecule has 0 atom stereocenters. The summed E-state index contributed by atoms with van der Waals surface area (Å²) in [4.78, 5) is 12.0. The Hall–Kier alpha value is -2.40. The number of sulfonamides is 1. The second-order valence-corrected chi connectivity index (χ2v) is 8.48. The van der Waals surface area contributed by atoms with E-state index < -0.39 is 34.2 Å². The van der Waals surface area contributed by atoms with E-state index in [4.69, 9.17) is 0 Å². The van der Waals surface area contributed by atoms with Crippen LogP contribution in [-0.4, -0.2) is 33.3 Å². The number of nitrogens with one attached hydrogen (secondary N) is 1. The van der Waals surface area contributed by atoms with E-state index in [-0.39, 0.29) is 11.3 Å². The Balaban J connectivity index is 2.07. The van der Waals surface area contributed by atoms with Gasteiger partial charge in [-0.05, 0) is 42.0 Å². The summed E-state index contributed by atoms with van der Waals surface area (Å²) in [5, 5.41) is 3.59. The molecule has 0 saturated heterocycles. The number of nitrogens with zero attached hydrogens (tertiary/aromatic N) is 2. The molecule has 0 unspecified atom stereocenters. The number of carbonyl (C=O) groups is 1. The molecule has 1 amide bonds. The molecule has 2 rings (SSSR count). The van der Waals surface area contributed by atoms with E-state index in [1.807, 2.05) is 0 Å². The summed E-state index contributed by atoms with van der Waals surface area (Å²) in [6.07, 6.45) is -2.50. The van der Waals surface area contributed by atoms with Gasteiger partial charge in [-0.25, -0.2) is 13.8 Å². The van der Waals surface area contributed by atoms with Gasteiger partial charge in [0.05, 0.1) is 23.7 Å². The first kappa shape index (κ1) is 21.9. The zero-order valence-corrected chi connectivity index (χ0v) is 16.8. The molecule has 0 heterocycles. The third kappa shape index (κ3) is 6.34. The van der Waals surface area contributed by atoms with Crippen LogP contribution in [-0.2, 0) is 21.0 Å². The Morgan fingerprint density at radius 2 is 1.86 bits per heavy atom. The molecule has 0 radical (unpaired) electrons. The molecule has 6 nitrogen and oxygen atoms in total. The second-order valence-electron chi connectivity index (χ2n) is 5.66. The lowest BCUT2D eigenvalue weighted by Gasteiger charge is -2.21. The number of carbonyl (C=O) groups excluding carboxylic acids is 1. The van der Waals surface area contributed by atoms with Crippen LogP contribution in [0.4, 0.5) is 18.9 Å². The Kier molecular flexibility index (Phi) is 6.83. The first-order chi connectivity index (χ1) is 13.0. The highest BCUT2D eigenvalue weighted by Gasteiger charge is 2.30. The molecule has 11 heteroatoms. The van der Waals surface area contributed by atoms with Crippen LogP contribution >= 0.6 is 15.9 Å². The Labute approximate surface area is 168 Å². The summed E-state index contributed by atoms with van der Waals surface area (Å²) in [5.41, 5.74) is 1.67. The molecule has 0 aliphatic carbocycles. The SMILES string of the molecule is CS(=O)(=O)N(CC(=O)N/N=C\c1cccc(C(F)(F)F)c1)c1ccc(Br)cc1. The minimum Gasteiger partial charge on any atom is -0.271 e. The number of anilines is 1. The average Bonchev–Trinajstić information content (AvgIpc) is 2.59. The summed E-state index contributed by atoms with van der Waals surface area (Å²) in [6.45, 7) is -0.541. The van der Waals surface area contributed by atoms with Crippen LogP contribution in [0.25, 0.3) is 0 Å². The summed E-state index contributed by atoms with van der Waals surface area (Å²) >= 11 is 3.23. The van der Waals surface area contributed by atoms with Crippen LogP contribution in [0.3, 0.4) is 0 Å². The maximum Gasteiger partial charge on any atom is 0.416 e. The number of amides is 1. The van der Waals surface area contributed by atoms with Crippen molar-refractivity contribution in [2.24, 2.45) is 5.10 Å². The fourth-order valence-electron chi connectivity index (χ4n) is 2.15. The van der Waals surface area contributed by atoms with Gasteiger partial charge in [0.25, 0.3) is 5.91 Å². The summed E-state index contributed by atoms with van der Waals surface area (Å²) in [6, 6.07) is 10.7. The lowest BCUT2D eigenvalue weighted by atomic mass is 10.1. The van der Waals surface area contributed by atoms with Crippen LogP contribution in [0.1, 0.15) is 11.1 Å². The molecular formula is C17H15BrF3N3O3S. The van der Waals surface area contributed by atoms with E-state index in [1.54, 1.807) is 12.1 Å². The van der Waals surface area contributed by atoms with Gasteiger partial charge in [-0.1, -0.05) is 28.1 Å². The van der Waals surface area contributed by atoms with Gasteiger partial charge >= 0.3 is 6.18 Å². The van der Waals surface area contributed by atoms with Crippen LogP contribution in [0, 0.1) is 0 Å². The second kappa shape index (κ2) is 8.74. The normalized spacial score (nSPS) is 12.2. The van der Waals surface area contributed by atoms with Crippen LogP contribution in [0.2, 0.25) is 0 Å². The zero-order valence-electron chi connectivity index (χ0n) is 14.4. The van der Waals surface area contributed by atoms with Crippen molar-refractivity contribution >= 4 is 43.8 Å². The van der Waals surface area contributed by atoms with Crippen molar-refractivity contribution in [3.8, 4) is 0 Å². The fraction of sp³-hybridized carbons (Fsp3) is 0.176. The molecule has 0 aliphatic heterocycles. The van der Waals surface area contributed by atoms with Crippen LogP contribution < -0.4 is 9.73 Å². The van der Waals surface area contributed by atoms with Crippen molar-refractivity contribution in [1.82, 2.24) is 5.43 Å². The fourth-order valence-corrected chi connectivity index (χ4v) is 3.27. The van der Waals surface area contributed by atoms with E-state index in [2.05, 4.69) is 26.5 Å². The minimum atomic E-state index is -4.49. The molecule has 0 bridgehead atoms. The average molecular weight is 478 g/mol. The molecule has 2 aromatic rings. The van der Waals surface area contributed by atoms with Gasteiger partial charge in [0.2, 0.25) is 10.0 Å². The predicted octanol–water partition coefficient (Wildman–Crippen LogP) is 3.38. The highest BCUT2D eigenvalue weighted by atomic mass is 79.9. The van der Waals surface area contributed by atoms with Crippen molar-refractivity contribution in [3.05, 3.63) is 64.1 Å². The monoisotopic (exact) mass is 477 g/mol. The maximum atomic E-state index is 12.7. The number of rotatable bonds is 6. The number of benzene rings is 2. The molecule has 0 aromatic heterocycles.